The molecule has 0 amide bonds. The largest absolute Gasteiger partial charge is 0.269 e. The monoisotopic (exact) mass is 313 g/mol. The van der Waals surface area contributed by atoms with Crippen molar-refractivity contribution in [1.82, 2.24) is 9.78 Å². The highest BCUT2D eigenvalue weighted by atomic mass is 35.5. The summed E-state index contributed by atoms with van der Waals surface area (Å²) >= 11 is 6.26. The summed E-state index contributed by atoms with van der Waals surface area (Å²) in [5, 5.41) is 15.8. The molecule has 6 heteroatoms. The molecule has 0 radical (unpaired) electrons. The van der Waals surface area contributed by atoms with Crippen molar-refractivity contribution in [2.24, 2.45) is 0 Å². The molecule has 0 bridgehead atoms. The first-order chi connectivity index (χ1) is 10.6. The van der Waals surface area contributed by atoms with E-state index in [-0.39, 0.29) is 5.69 Å². The molecule has 0 aliphatic heterocycles. The maximum Gasteiger partial charge on any atom is 0.269 e. The molecule has 0 fully saturated rings. The maximum absolute atomic E-state index is 10.8. The van der Waals surface area contributed by atoms with Gasteiger partial charge in [-0.05, 0) is 31.2 Å². The number of non-ortho nitro benzene ring substituents is 1. The molecule has 5 nitrogen and oxygen atoms in total. The van der Waals surface area contributed by atoms with Crippen molar-refractivity contribution in [2.45, 2.75) is 6.92 Å². The summed E-state index contributed by atoms with van der Waals surface area (Å²) in [4.78, 5) is 10.3. The lowest BCUT2D eigenvalue weighted by Gasteiger charge is -2.08. The Kier molecular flexibility index (Phi) is 3.65. The predicted octanol–water partition coefficient (Wildman–Crippen LogP) is 4.41. The highest BCUT2D eigenvalue weighted by Gasteiger charge is 2.13. The molecule has 1 aromatic heterocycles. The van der Waals surface area contributed by atoms with Crippen LogP contribution in [0.5, 0.6) is 0 Å². The second-order valence-electron chi connectivity index (χ2n) is 4.84. The first-order valence-electron chi connectivity index (χ1n) is 6.62. The minimum atomic E-state index is -0.424. The standard InChI is InChI=1S/C16H12ClN3O2/c1-11-10-16(14-4-2-3-5-15(14)17)19(18-11)12-6-8-13(9-7-12)20(21)22/h2-10H,1H3. The van der Waals surface area contributed by atoms with Crippen LogP contribution in [0.3, 0.4) is 0 Å². The third-order valence-corrected chi connectivity index (χ3v) is 3.62. The number of halogens is 1. The number of rotatable bonds is 3. The molecule has 2 aromatic carbocycles. The van der Waals surface area contributed by atoms with E-state index in [2.05, 4.69) is 5.10 Å². The quantitative estimate of drug-likeness (QED) is 0.531. The molecule has 0 atom stereocenters. The van der Waals surface area contributed by atoms with Gasteiger partial charge in [0.1, 0.15) is 0 Å². The zero-order chi connectivity index (χ0) is 15.7. The molecule has 0 aliphatic carbocycles. The van der Waals surface area contributed by atoms with Crippen LogP contribution in [0, 0.1) is 17.0 Å². The lowest BCUT2D eigenvalue weighted by Crippen LogP contribution is -2.00. The van der Waals surface area contributed by atoms with Crippen molar-refractivity contribution in [3.8, 4) is 16.9 Å². The van der Waals surface area contributed by atoms with Gasteiger partial charge in [0.2, 0.25) is 0 Å². The average molecular weight is 314 g/mol. The molecular formula is C16H12ClN3O2. The Bertz CT molecular complexity index is 841. The lowest BCUT2D eigenvalue weighted by atomic mass is 10.1. The third kappa shape index (κ3) is 2.58. The van der Waals surface area contributed by atoms with Crippen LogP contribution < -0.4 is 0 Å². The second-order valence-corrected chi connectivity index (χ2v) is 5.24. The van der Waals surface area contributed by atoms with E-state index >= 15 is 0 Å². The van der Waals surface area contributed by atoms with Crippen LogP contribution in [0.1, 0.15) is 5.69 Å². The SMILES string of the molecule is Cc1cc(-c2ccccc2Cl)n(-c2ccc([N+](=O)[O-])cc2)n1. The number of benzene rings is 2. The average Bonchev–Trinajstić information content (AvgIpc) is 2.89. The van der Waals surface area contributed by atoms with Crippen molar-refractivity contribution >= 4 is 17.3 Å². The Hall–Kier alpha value is -2.66. The topological polar surface area (TPSA) is 61.0 Å². The van der Waals surface area contributed by atoms with Gasteiger partial charge in [-0.3, -0.25) is 10.1 Å². The van der Waals surface area contributed by atoms with Gasteiger partial charge in [-0.15, -0.1) is 0 Å². The fourth-order valence-electron chi connectivity index (χ4n) is 2.27. The molecule has 0 aliphatic rings. The van der Waals surface area contributed by atoms with Gasteiger partial charge < -0.3 is 0 Å². The second kappa shape index (κ2) is 5.61. The first kappa shape index (κ1) is 14.3. The van der Waals surface area contributed by atoms with E-state index in [4.69, 9.17) is 11.6 Å². The minimum absolute atomic E-state index is 0.0481. The minimum Gasteiger partial charge on any atom is -0.258 e. The number of hydrogen-bond donors (Lipinski definition) is 0. The number of aryl methyl sites for hydroxylation is 1. The Balaban J connectivity index is 2.12. The molecule has 3 rings (SSSR count). The van der Waals surface area contributed by atoms with E-state index in [1.54, 1.807) is 16.8 Å². The normalized spacial score (nSPS) is 10.6. The summed E-state index contributed by atoms with van der Waals surface area (Å²) in [6, 6.07) is 15.7. The number of nitrogens with zero attached hydrogens (tertiary/aromatic N) is 3. The molecular weight excluding hydrogens is 302 g/mol. The van der Waals surface area contributed by atoms with Gasteiger partial charge in [-0.1, -0.05) is 29.8 Å². The predicted molar refractivity (Wildman–Crippen MR) is 85.4 cm³/mol. The Morgan fingerprint density at radius 1 is 1.14 bits per heavy atom. The van der Waals surface area contributed by atoms with Crippen LogP contribution in [-0.2, 0) is 0 Å². The van der Waals surface area contributed by atoms with Crippen molar-refractivity contribution in [1.29, 1.82) is 0 Å². The summed E-state index contributed by atoms with van der Waals surface area (Å²) < 4.78 is 1.74. The van der Waals surface area contributed by atoms with Crippen LogP contribution in [-0.4, -0.2) is 14.7 Å². The number of hydrogen-bond acceptors (Lipinski definition) is 3. The Morgan fingerprint density at radius 2 is 1.82 bits per heavy atom. The zero-order valence-electron chi connectivity index (χ0n) is 11.7. The third-order valence-electron chi connectivity index (χ3n) is 3.29. The summed E-state index contributed by atoms with van der Waals surface area (Å²) in [6.07, 6.45) is 0. The highest BCUT2D eigenvalue weighted by molar-refractivity contribution is 6.33. The van der Waals surface area contributed by atoms with Gasteiger partial charge in [-0.2, -0.15) is 5.10 Å². The molecule has 0 spiro atoms. The van der Waals surface area contributed by atoms with Crippen LogP contribution in [0.25, 0.3) is 16.9 Å². The van der Waals surface area contributed by atoms with Gasteiger partial charge in [-0.25, -0.2) is 4.68 Å². The van der Waals surface area contributed by atoms with Crippen molar-refractivity contribution in [2.75, 3.05) is 0 Å². The van der Waals surface area contributed by atoms with Crippen molar-refractivity contribution < 1.29 is 4.92 Å². The summed E-state index contributed by atoms with van der Waals surface area (Å²) in [7, 11) is 0. The fraction of sp³-hybridized carbons (Fsp3) is 0.0625. The summed E-state index contributed by atoms with van der Waals surface area (Å²) in [6.45, 7) is 1.89. The smallest absolute Gasteiger partial charge is 0.258 e. The fourth-order valence-corrected chi connectivity index (χ4v) is 2.51. The van der Waals surface area contributed by atoms with E-state index in [0.29, 0.717) is 5.02 Å². The molecule has 0 saturated carbocycles. The van der Waals surface area contributed by atoms with E-state index in [1.165, 1.54) is 12.1 Å². The van der Waals surface area contributed by atoms with Gasteiger partial charge >= 0.3 is 0 Å². The molecule has 0 unspecified atom stereocenters. The van der Waals surface area contributed by atoms with E-state index in [0.717, 1.165) is 22.6 Å². The van der Waals surface area contributed by atoms with E-state index < -0.39 is 4.92 Å². The summed E-state index contributed by atoms with van der Waals surface area (Å²) in [5.74, 6) is 0. The van der Waals surface area contributed by atoms with E-state index in [9.17, 15) is 10.1 Å². The summed E-state index contributed by atoms with van der Waals surface area (Å²) in [5.41, 5.74) is 3.34. The Labute approximate surface area is 131 Å². The van der Waals surface area contributed by atoms with Gasteiger partial charge in [0.15, 0.2) is 0 Å². The number of nitro groups is 1. The molecule has 0 saturated heterocycles. The van der Waals surface area contributed by atoms with Gasteiger partial charge in [0.25, 0.3) is 5.69 Å². The molecule has 0 N–H and O–H groups in total. The van der Waals surface area contributed by atoms with E-state index in [1.807, 2.05) is 37.3 Å². The lowest BCUT2D eigenvalue weighted by molar-refractivity contribution is -0.384. The van der Waals surface area contributed by atoms with Crippen molar-refractivity contribution in [3.63, 3.8) is 0 Å². The van der Waals surface area contributed by atoms with Crippen molar-refractivity contribution in [3.05, 3.63) is 75.4 Å². The van der Waals surface area contributed by atoms with Crippen LogP contribution in [0.15, 0.2) is 54.6 Å². The number of nitro benzene ring substituents is 1. The zero-order valence-corrected chi connectivity index (χ0v) is 12.5. The van der Waals surface area contributed by atoms with Gasteiger partial charge in [0, 0.05) is 22.7 Å². The van der Waals surface area contributed by atoms with Crippen LogP contribution >= 0.6 is 11.6 Å². The first-order valence-corrected chi connectivity index (χ1v) is 7.00. The van der Waals surface area contributed by atoms with Crippen LogP contribution in [0.4, 0.5) is 5.69 Å². The molecule has 3 aromatic rings. The number of aromatic nitrogens is 2. The van der Waals surface area contributed by atoms with Gasteiger partial charge in [0.05, 0.1) is 22.0 Å². The highest BCUT2D eigenvalue weighted by Crippen LogP contribution is 2.30. The molecule has 110 valence electrons. The molecule has 1 heterocycles. The Morgan fingerprint density at radius 3 is 2.45 bits per heavy atom. The van der Waals surface area contributed by atoms with Crippen LogP contribution in [0.2, 0.25) is 5.02 Å². The maximum atomic E-state index is 10.8. The molecule has 22 heavy (non-hydrogen) atoms.